The van der Waals surface area contributed by atoms with Crippen LogP contribution in [0.15, 0.2) is 16.8 Å². The largest absolute Gasteiger partial charge is 0.361 e. The zero-order chi connectivity index (χ0) is 14.8. The fourth-order valence-corrected chi connectivity index (χ4v) is 3.80. The van der Waals surface area contributed by atoms with Crippen molar-refractivity contribution < 1.29 is 9.32 Å². The molecule has 21 heavy (non-hydrogen) atoms. The van der Waals surface area contributed by atoms with E-state index in [9.17, 15) is 4.79 Å². The molecule has 5 nitrogen and oxygen atoms in total. The zero-order valence-electron chi connectivity index (χ0n) is 12.3. The maximum atomic E-state index is 11.9. The highest BCUT2D eigenvalue weighted by molar-refractivity contribution is 7.15. The highest BCUT2D eigenvalue weighted by Gasteiger charge is 2.24. The van der Waals surface area contributed by atoms with Crippen molar-refractivity contribution in [3.8, 4) is 0 Å². The number of hydrogen-bond donors (Lipinski definition) is 1. The first-order valence-electron chi connectivity index (χ1n) is 7.28. The Bertz CT molecular complexity index is 634. The predicted octanol–water partition coefficient (Wildman–Crippen LogP) is 3.52. The van der Waals surface area contributed by atoms with Gasteiger partial charge >= 0.3 is 0 Å². The summed E-state index contributed by atoms with van der Waals surface area (Å²) < 4.78 is 5.04. The standard InChI is InChI=1S/C15H19N3O2S/c1-9-3-4-11(5-9)13-8-16-15(21-13)17-14(19)7-12-6-10(2)18-20-12/h6,8-9,11H,3-5,7H2,1-2H3,(H,16,17,19). The van der Waals surface area contributed by atoms with E-state index in [-0.39, 0.29) is 12.3 Å². The lowest BCUT2D eigenvalue weighted by Crippen LogP contribution is -2.13. The minimum absolute atomic E-state index is 0.119. The second kappa shape index (κ2) is 5.97. The number of thiazole rings is 1. The normalized spacial score (nSPS) is 21.6. The molecule has 3 rings (SSSR count). The van der Waals surface area contributed by atoms with E-state index in [0.29, 0.717) is 16.8 Å². The van der Waals surface area contributed by atoms with Crippen LogP contribution >= 0.6 is 11.3 Å². The zero-order valence-corrected chi connectivity index (χ0v) is 13.1. The van der Waals surface area contributed by atoms with Crippen LogP contribution in [0.1, 0.15) is 48.4 Å². The molecule has 1 aliphatic rings. The molecule has 2 aromatic rings. The fourth-order valence-electron chi connectivity index (χ4n) is 2.82. The molecule has 0 spiro atoms. The molecule has 1 saturated carbocycles. The van der Waals surface area contributed by atoms with E-state index in [4.69, 9.17) is 4.52 Å². The van der Waals surface area contributed by atoms with Crippen molar-refractivity contribution in [3.63, 3.8) is 0 Å². The van der Waals surface area contributed by atoms with Crippen LogP contribution in [-0.2, 0) is 11.2 Å². The molecule has 0 bridgehead atoms. The van der Waals surface area contributed by atoms with Gasteiger partial charge in [0, 0.05) is 17.1 Å². The highest BCUT2D eigenvalue weighted by Crippen LogP contribution is 2.40. The number of nitrogens with one attached hydrogen (secondary N) is 1. The van der Waals surface area contributed by atoms with Gasteiger partial charge in [0.05, 0.1) is 12.1 Å². The molecular weight excluding hydrogens is 286 g/mol. The van der Waals surface area contributed by atoms with Gasteiger partial charge in [0.25, 0.3) is 0 Å². The first-order chi connectivity index (χ1) is 10.1. The van der Waals surface area contributed by atoms with Crippen molar-refractivity contribution >= 4 is 22.4 Å². The van der Waals surface area contributed by atoms with E-state index in [0.717, 1.165) is 11.6 Å². The molecule has 1 N–H and O–H groups in total. The van der Waals surface area contributed by atoms with Crippen LogP contribution < -0.4 is 5.32 Å². The molecule has 0 radical (unpaired) electrons. The number of aromatic nitrogens is 2. The Hall–Kier alpha value is -1.69. The van der Waals surface area contributed by atoms with Crippen molar-refractivity contribution in [1.29, 1.82) is 0 Å². The maximum Gasteiger partial charge on any atom is 0.233 e. The molecule has 0 saturated heterocycles. The lowest BCUT2D eigenvalue weighted by Gasteiger charge is -2.04. The molecule has 0 aromatic carbocycles. The Morgan fingerprint density at radius 3 is 3.05 bits per heavy atom. The number of carbonyl (C=O) groups is 1. The molecule has 2 atom stereocenters. The van der Waals surface area contributed by atoms with Crippen LogP contribution in [0.3, 0.4) is 0 Å². The summed E-state index contributed by atoms with van der Waals surface area (Å²) in [5.74, 6) is 1.86. The van der Waals surface area contributed by atoms with Crippen LogP contribution in [-0.4, -0.2) is 16.0 Å². The van der Waals surface area contributed by atoms with E-state index in [2.05, 4.69) is 22.4 Å². The summed E-state index contributed by atoms with van der Waals surface area (Å²) in [6.45, 7) is 4.13. The number of aryl methyl sites for hydroxylation is 1. The third-order valence-corrected chi connectivity index (χ3v) is 4.95. The van der Waals surface area contributed by atoms with E-state index in [1.807, 2.05) is 13.1 Å². The van der Waals surface area contributed by atoms with Crippen LogP contribution in [0, 0.1) is 12.8 Å². The Labute approximate surface area is 127 Å². The Balaban J connectivity index is 1.58. The van der Waals surface area contributed by atoms with Crippen molar-refractivity contribution in [1.82, 2.24) is 10.1 Å². The summed E-state index contributed by atoms with van der Waals surface area (Å²) in [7, 11) is 0. The number of amides is 1. The average Bonchev–Trinajstić information content (AvgIpc) is 3.12. The van der Waals surface area contributed by atoms with Gasteiger partial charge < -0.3 is 9.84 Å². The highest BCUT2D eigenvalue weighted by atomic mass is 32.1. The summed E-state index contributed by atoms with van der Waals surface area (Å²) in [6.07, 6.45) is 5.84. The molecule has 1 amide bonds. The second-order valence-corrected chi connectivity index (χ2v) is 6.90. The minimum Gasteiger partial charge on any atom is -0.361 e. The van der Waals surface area contributed by atoms with Crippen molar-refractivity contribution in [2.24, 2.45) is 5.92 Å². The SMILES string of the molecule is Cc1cc(CC(=O)Nc2ncc(C3CCC(C)C3)s2)on1. The summed E-state index contributed by atoms with van der Waals surface area (Å²) >= 11 is 1.59. The minimum atomic E-state index is -0.119. The number of nitrogens with zero attached hydrogens (tertiary/aromatic N) is 2. The molecule has 0 aliphatic heterocycles. The summed E-state index contributed by atoms with van der Waals surface area (Å²) in [4.78, 5) is 17.5. The average molecular weight is 305 g/mol. The number of hydrogen-bond acceptors (Lipinski definition) is 5. The van der Waals surface area contributed by atoms with Gasteiger partial charge in [-0.2, -0.15) is 0 Å². The monoisotopic (exact) mass is 305 g/mol. The van der Waals surface area contributed by atoms with Crippen molar-refractivity contribution in [3.05, 3.63) is 28.6 Å². The van der Waals surface area contributed by atoms with Crippen LogP contribution in [0.2, 0.25) is 0 Å². The van der Waals surface area contributed by atoms with Gasteiger partial charge in [-0.15, -0.1) is 11.3 Å². The van der Waals surface area contributed by atoms with E-state index >= 15 is 0 Å². The second-order valence-electron chi connectivity index (χ2n) is 5.84. The summed E-state index contributed by atoms with van der Waals surface area (Å²) in [6, 6.07) is 1.77. The molecule has 6 heteroatoms. The predicted molar refractivity (Wildman–Crippen MR) is 81.4 cm³/mol. The summed E-state index contributed by atoms with van der Waals surface area (Å²) in [5, 5.41) is 7.28. The molecule has 2 aromatic heterocycles. The Kier molecular flexibility index (Phi) is 4.05. The van der Waals surface area contributed by atoms with Gasteiger partial charge in [-0.05, 0) is 31.6 Å². The van der Waals surface area contributed by atoms with Gasteiger partial charge in [-0.25, -0.2) is 4.98 Å². The van der Waals surface area contributed by atoms with Crippen molar-refractivity contribution in [2.45, 2.75) is 45.4 Å². The van der Waals surface area contributed by atoms with E-state index in [1.165, 1.54) is 24.1 Å². The first-order valence-corrected chi connectivity index (χ1v) is 8.09. The van der Waals surface area contributed by atoms with Gasteiger partial charge in [-0.1, -0.05) is 18.5 Å². The van der Waals surface area contributed by atoms with E-state index < -0.39 is 0 Å². The quantitative estimate of drug-likeness (QED) is 0.938. The van der Waals surface area contributed by atoms with Gasteiger partial charge in [0.15, 0.2) is 5.13 Å². The van der Waals surface area contributed by atoms with Crippen LogP contribution in [0.4, 0.5) is 5.13 Å². The number of carbonyl (C=O) groups excluding carboxylic acids is 1. The smallest absolute Gasteiger partial charge is 0.233 e. The molecule has 1 aliphatic carbocycles. The molecular formula is C15H19N3O2S. The van der Waals surface area contributed by atoms with Crippen molar-refractivity contribution in [2.75, 3.05) is 5.32 Å². The van der Waals surface area contributed by atoms with E-state index in [1.54, 1.807) is 17.4 Å². The van der Waals surface area contributed by atoms with Gasteiger partial charge in [-0.3, -0.25) is 4.79 Å². The Morgan fingerprint density at radius 2 is 2.38 bits per heavy atom. The molecule has 1 fully saturated rings. The topological polar surface area (TPSA) is 68.0 Å². The third kappa shape index (κ3) is 3.50. The third-order valence-electron chi connectivity index (χ3n) is 3.88. The first kappa shape index (κ1) is 14.3. The van der Waals surface area contributed by atoms with Gasteiger partial charge in [0.1, 0.15) is 5.76 Å². The maximum absolute atomic E-state index is 11.9. The lowest BCUT2D eigenvalue weighted by atomic mass is 10.1. The fraction of sp³-hybridized carbons (Fsp3) is 0.533. The Morgan fingerprint density at radius 1 is 1.52 bits per heavy atom. The number of anilines is 1. The number of rotatable bonds is 4. The van der Waals surface area contributed by atoms with Crippen LogP contribution in [0.5, 0.6) is 0 Å². The molecule has 2 heterocycles. The van der Waals surface area contributed by atoms with Gasteiger partial charge in [0.2, 0.25) is 5.91 Å². The molecule has 2 unspecified atom stereocenters. The summed E-state index contributed by atoms with van der Waals surface area (Å²) in [5.41, 5.74) is 0.782. The lowest BCUT2D eigenvalue weighted by molar-refractivity contribution is -0.115. The molecule has 112 valence electrons. The van der Waals surface area contributed by atoms with Crippen LogP contribution in [0.25, 0.3) is 0 Å².